The van der Waals surface area contributed by atoms with Crippen molar-refractivity contribution in [3.05, 3.63) is 12.3 Å². The van der Waals surface area contributed by atoms with Crippen molar-refractivity contribution in [2.45, 2.75) is 13.0 Å². The van der Waals surface area contributed by atoms with E-state index in [4.69, 9.17) is 14.9 Å². The van der Waals surface area contributed by atoms with Gasteiger partial charge in [0.25, 0.3) is 0 Å². The van der Waals surface area contributed by atoms with Crippen molar-refractivity contribution in [1.82, 2.24) is 0 Å². The van der Waals surface area contributed by atoms with E-state index in [0.29, 0.717) is 5.76 Å². The molecular weight excluding hydrogens is 120 g/mol. The molecule has 0 aliphatic rings. The SMILES string of the molecule is C=C(C)OCC(O)CO. The largest absolute Gasteiger partial charge is 0.496 e. The van der Waals surface area contributed by atoms with Gasteiger partial charge in [0.1, 0.15) is 12.7 Å². The summed E-state index contributed by atoms with van der Waals surface area (Å²) < 4.78 is 4.79. The topological polar surface area (TPSA) is 49.7 Å². The molecule has 0 radical (unpaired) electrons. The Hall–Kier alpha value is -0.540. The fourth-order valence-corrected chi connectivity index (χ4v) is 0.291. The second-order valence-electron chi connectivity index (χ2n) is 1.85. The van der Waals surface area contributed by atoms with Gasteiger partial charge in [-0.15, -0.1) is 0 Å². The highest BCUT2D eigenvalue weighted by Crippen LogP contribution is 1.91. The summed E-state index contributed by atoms with van der Waals surface area (Å²) in [6, 6.07) is 0. The second kappa shape index (κ2) is 4.35. The summed E-state index contributed by atoms with van der Waals surface area (Å²) in [6.45, 7) is 4.98. The van der Waals surface area contributed by atoms with Crippen molar-refractivity contribution in [3.8, 4) is 0 Å². The molecule has 0 saturated carbocycles. The monoisotopic (exact) mass is 132 g/mol. The van der Waals surface area contributed by atoms with Crippen molar-refractivity contribution in [2.75, 3.05) is 13.2 Å². The number of hydrogen-bond acceptors (Lipinski definition) is 3. The Morgan fingerprint density at radius 2 is 2.33 bits per heavy atom. The molecule has 0 saturated heterocycles. The lowest BCUT2D eigenvalue weighted by atomic mass is 10.4. The standard InChI is InChI=1S/C6H12O3/c1-5(2)9-4-6(8)3-7/h6-8H,1,3-4H2,2H3. The van der Waals surface area contributed by atoms with Crippen LogP contribution in [0.1, 0.15) is 6.92 Å². The number of allylic oxidation sites excluding steroid dienone is 1. The maximum absolute atomic E-state index is 8.69. The highest BCUT2D eigenvalue weighted by Gasteiger charge is 2.00. The number of aliphatic hydroxyl groups is 2. The molecule has 0 amide bonds. The summed E-state index contributed by atoms with van der Waals surface area (Å²) in [5, 5.41) is 17.0. The molecule has 1 atom stereocenters. The van der Waals surface area contributed by atoms with Gasteiger partial charge in [-0.05, 0) is 6.92 Å². The van der Waals surface area contributed by atoms with E-state index in [2.05, 4.69) is 6.58 Å². The fourth-order valence-electron chi connectivity index (χ4n) is 0.291. The summed E-state index contributed by atoms with van der Waals surface area (Å²) in [4.78, 5) is 0. The molecule has 0 aromatic rings. The molecule has 0 aliphatic carbocycles. The molecular formula is C6H12O3. The van der Waals surface area contributed by atoms with Crippen LogP contribution in [0.3, 0.4) is 0 Å². The van der Waals surface area contributed by atoms with E-state index in [-0.39, 0.29) is 13.2 Å². The quantitative estimate of drug-likeness (QED) is 0.525. The Bertz CT molecular complexity index is 90.3. The lowest BCUT2D eigenvalue weighted by Gasteiger charge is -2.07. The average molecular weight is 132 g/mol. The van der Waals surface area contributed by atoms with Crippen LogP contribution in [-0.2, 0) is 4.74 Å². The van der Waals surface area contributed by atoms with E-state index in [1.807, 2.05) is 0 Å². The first kappa shape index (κ1) is 8.46. The van der Waals surface area contributed by atoms with Gasteiger partial charge < -0.3 is 14.9 Å². The molecule has 3 nitrogen and oxygen atoms in total. The van der Waals surface area contributed by atoms with Gasteiger partial charge >= 0.3 is 0 Å². The molecule has 0 rings (SSSR count). The molecule has 0 aromatic carbocycles. The van der Waals surface area contributed by atoms with Crippen LogP contribution in [-0.4, -0.2) is 29.5 Å². The van der Waals surface area contributed by atoms with Crippen LogP contribution >= 0.6 is 0 Å². The van der Waals surface area contributed by atoms with Crippen molar-refractivity contribution in [3.63, 3.8) is 0 Å². The van der Waals surface area contributed by atoms with Crippen LogP contribution in [0.15, 0.2) is 12.3 Å². The highest BCUT2D eigenvalue weighted by atomic mass is 16.5. The first-order chi connectivity index (χ1) is 4.16. The van der Waals surface area contributed by atoms with Gasteiger partial charge in [0.05, 0.1) is 12.4 Å². The average Bonchev–Trinajstić information content (AvgIpc) is 1.83. The van der Waals surface area contributed by atoms with E-state index in [1.165, 1.54) is 0 Å². The molecule has 1 unspecified atom stereocenters. The minimum atomic E-state index is -0.790. The zero-order valence-electron chi connectivity index (χ0n) is 5.50. The van der Waals surface area contributed by atoms with Gasteiger partial charge in [-0.1, -0.05) is 6.58 Å². The number of hydrogen-bond donors (Lipinski definition) is 2. The first-order valence-corrected chi connectivity index (χ1v) is 2.74. The van der Waals surface area contributed by atoms with Crippen LogP contribution in [0.4, 0.5) is 0 Å². The summed E-state index contributed by atoms with van der Waals surface area (Å²) in [7, 11) is 0. The third-order valence-electron chi connectivity index (χ3n) is 0.733. The van der Waals surface area contributed by atoms with Gasteiger partial charge in [0.15, 0.2) is 0 Å². The lowest BCUT2D eigenvalue weighted by Crippen LogP contribution is -2.18. The molecule has 0 bridgehead atoms. The van der Waals surface area contributed by atoms with Gasteiger partial charge in [0.2, 0.25) is 0 Å². The number of ether oxygens (including phenoxy) is 1. The van der Waals surface area contributed by atoms with Crippen molar-refractivity contribution in [1.29, 1.82) is 0 Å². The molecule has 0 heterocycles. The van der Waals surface area contributed by atoms with Gasteiger partial charge in [-0.3, -0.25) is 0 Å². The Morgan fingerprint density at radius 1 is 1.78 bits per heavy atom. The van der Waals surface area contributed by atoms with Crippen molar-refractivity contribution >= 4 is 0 Å². The Morgan fingerprint density at radius 3 is 2.67 bits per heavy atom. The minimum absolute atomic E-state index is 0.117. The van der Waals surface area contributed by atoms with Gasteiger partial charge in [0, 0.05) is 0 Å². The predicted octanol–water partition coefficient (Wildman–Crippen LogP) is -0.110. The third kappa shape index (κ3) is 5.33. The Kier molecular flexibility index (Phi) is 4.09. The molecule has 2 N–H and O–H groups in total. The van der Waals surface area contributed by atoms with E-state index in [0.717, 1.165) is 0 Å². The first-order valence-electron chi connectivity index (χ1n) is 2.74. The van der Waals surface area contributed by atoms with Crippen LogP contribution in [0.2, 0.25) is 0 Å². The van der Waals surface area contributed by atoms with Gasteiger partial charge in [-0.2, -0.15) is 0 Å². The lowest BCUT2D eigenvalue weighted by molar-refractivity contribution is 0.0310. The minimum Gasteiger partial charge on any atom is -0.496 e. The zero-order valence-corrected chi connectivity index (χ0v) is 5.50. The Labute approximate surface area is 54.6 Å². The van der Waals surface area contributed by atoms with Crippen LogP contribution < -0.4 is 0 Å². The maximum Gasteiger partial charge on any atom is 0.116 e. The normalized spacial score (nSPS) is 12.8. The van der Waals surface area contributed by atoms with Crippen LogP contribution in [0.5, 0.6) is 0 Å². The highest BCUT2D eigenvalue weighted by molar-refractivity contribution is 4.74. The molecule has 0 fully saturated rings. The van der Waals surface area contributed by atoms with E-state index >= 15 is 0 Å². The maximum atomic E-state index is 8.69. The second-order valence-corrected chi connectivity index (χ2v) is 1.85. The molecule has 54 valence electrons. The predicted molar refractivity (Wildman–Crippen MR) is 33.9 cm³/mol. The smallest absolute Gasteiger partial charge is 0.116 e. The summed E-state index contributed by atoms with van der Waals surface area (Å²) in [5.41, 5.74) is 0. The third-order valence-corrected chi connectivity index (χ3v) is 0.733. The fraction of sp³-hybridized carbons (Fsp3) is 0.667. The van der Waals surface area contributed by atoms with E-state index in [9.17, 15) is 0 Å². The summed E-state index contributed by atoms with van der Waals surface area (Å²) >= 11 is 0. The van der Waals surface area contributed by atoms with Crippen LogP contribution in [0, 0.1) is 0 Å². The zero-order chi connectivity index (χ0) is 7.28. The Balaban J connectivity index is 3.16. The molecule has 0 aliphatic heterocycles. The van der Waals surface area contributed by atoms with Gasteiger partial charge in [-0.25, -0.2) is 0 Å². The molecule has 0 spiro atoms. The summed E-state index contributed by atoms with van der Waals surface area (Å²) in [5.74, 6) is 0.544. The molecule has 3 heteroatoms. The van der Waals surface area contributed by atoms with Crippen molar-refractivity contribution < 1.29 is 14.9 Å². The molecule has 9 heavy (non-hydrogen) atoms. The van der Waals surface area contributed by atoms with Crippen molar-refractivity contribution in [2.24, 2.45) is 0 Å². The number of rotatable bonds is 4. The van der Waals surface area contributed by atoms with E-state index in [1.54, 1.807) is 6.92 Å². The summed E-state index contributed by atoms with van der Waals surface area (Å²) in [6.07, 6.45) is -0.790. The van der Waals surface area contributed by atoms with Crippen LogP contribution in [0.25, 0.3) is 0 Å². The van der Waals surface area contributed by atoms with E-state index < -0.39 is 6.10 Å². The molecule has 0 aromatic heterocycles. The number of aliphatic hydroxyl groups excluding tert-OH is 2.